The maximum atomic E-state index is 12.3. The molecule has 2 amide bonds. The largest absolute Gasteiger partial charge is 0.494 e. The van der Waals surface area contributed by atoms with E-state index < -0.39 is 23.8 Å². The van der Waals surface area contributed by atoms with E-state index in [1.54, 1.807) is 45.0 Å². The molecule has 0 aliphatic carbocycles. The zero-order valence-corrected chi connectivity index (χ0v) is 17.7. The van der Waals surface area contributed by atoms with E-state index >= 15 is 0 Å². The second-order valence-corrected chi connectivity index (χ2v) is 7.62. The van der Waals surface area contributed by atoms with Crippen molar-refractivity contribution in [2.24, 2.45) is 4.99 Å². The first kappa shape index (κ1) is 24.7. The molecule has 0 aliphatic heterocycles. The van der Waals surface area contributed by atoms with E-state index in [0.29, 0.717) is 17.7 Å². The molecule has 1 aromatic heterocycles. The Morgan fingerprint density at radius 1 is 1.19 bits per heavy atom. The molecule has 0 aliphatic rings. The van der Waals surface area contributed by atoms with Gasteiger partial charge in [0.15, 0.2) is 0 Å². The maximum Gasteiger partial charge on any atom is 0.473 e. The smallest absolute Gasteiger partial charge is 0.473 e. The molecule has 174 valence electrons. The Bertz CT molecular complexity index is 1020. The first-order chi connectivity index (χ1) is 14.8. The minimum Gasteiger partial charge on any atom is -0.494 e. The molecule has 2 aromatic rings. The van der Waals surface area contributed by atoms with Crippen molar-refractivity contribution < 1.29 is 32.2 Å². The van der Waals surface area contributed by atoms with Crippen LogP contribution in [0.5, 0.6) is 5.75 Å². The van der Waals surface area contributed by atoms with E-state index in [1.165, 1.54) is 17.0 Å². The number of nitrogens with one attached hydrogen (secondary N) is 3. The van der Waals surface area contributed by atoms with Crippen LogP contribution in [-0.2, 0) is 16.1 Å². The summed E-state index contributed by atoms with van der Waals surface area (Å²) < 4.78 is 49.1. The number of aromatic nitrogens is 2. The second kappa shape index (κ2) is 10.2. The number of carbonyl (C=O) groups is 2. The van der Waals surface area contributed by atoms with E-state index in [2.05, 4.69) is 15.3 Å². The second-order valence-electron chi connectivity index (χ2n) is 7.62. The standard InChI is InChI=1S/C20H24F3N5O4/c1-19(2,3)32-18(30)26-15(24)13-5-7-14(8-6-13)31-12-4-10-28-11-9-25-17(28)27-16(29)20(21,22)23/h5-9,11H,4,10,12H2,1-3H3,(H2,24,26,30)(H,25,27,29). The van der Waals surface area contributed by atoms with Gasteiger partial charge in [-0.1, -0.05) is 0 Å². The van der Waals surface area contributed by atoms with Gasteiger partial charge in [-0.05, 0) is 51.5 Å². The molecule has 1 heterocycles. The van der Waals surface area contributed by atoms with Gasteiger partial charge in [-0.15, -0.1) is 0 Å². The summed E-state index contributed by atoms with van der Waals surface area (Å²) in [7, 11) is 0. The van der Waals surface area contributed by atoms with Gasteiger partial charge in [-0.3, -0.25) is 15.5 Å². The molecular weight excluding hydrogens is 431 g/mol. The number of imidazole rings is 1. The lowest BCUT2D eigenvalue weighted by Gasteiger charge is -2.19. The number of aromatic amines is 1. The van der Waals surface area contributed by atoms with Crippen molar-refractivity contribution in [1.82, 2.24) is 14.9 Å². The molecular formula is C20H24F3N5O4. The summed E-state index contributed by atoms with van der Waals surface area (Å²) in [6.07, 6.45) is -2.48. The zero-order valence-electron chi connectivity index (χ0n) is 17.7. The third-order valence-corrected chi connectivity index (χ3v) is 3.77. The van der Waals surface area contributed by atoms with Gasteiger partial charge in [0, 0.05) is 24.5 Å². The molecule has 0 spiro atoms. The topological polar surface area (TPSA) is 122 Å². The van der Waals surface area contributed by atoms with E-state index in [1.807, 2.05) is 0 Å². The monoisotopic (exact) mass is 455 g/mol. The third-order valence-electron chi connectivity index (χ3n) is 3.77. The number of ether oxygens (including phenoxy) is 2. The Morgan fingerprint density at radius 3 is 2.44 bits per heavy atom. The molecule has 0 unspecified atom stereocenters. The Labute approximate surface area is 181 Å². The number of aryl methyl sites for hydroxylation is 1. The van der Waals surface area contributed by atoms with Crippen molar-refractivity contribution in [2.75, 3.05) is 6.61 Å². The number of H-pyrrole nitrogens is 1. The highest BCUT2D eigenvalue weighted by atomic mass is 19.4. The average Bonchev–Trinajstić information content (AvgIpc) is 3.10. The number of alkyl halides is 3. The number of rotatable bonds is 6. The third kappa shape index (κ3) is 7.93. The van der Waals surface area contributed by atoms with Crippen molar-refractivity contribution in [3.8, 4) is 5.75 Å². The summed E-state index contributed by atoms with van der Waals surface area (Å²) in [5.74, 6) is -1.80. The summed E-state index contributed by atoms with van der Waals surface area (Å²) in [5, 5.41) is 10.3. The Hall–Kier alpha value is -3.57. The summed E-state index contributed by atoms with van der Waals surface area (Å²) in [6.45, 7) is 5.67. The van der Waals surface area contributed by atoms with Crippen molar-refractivity contribution in [2.45, 2.75) is 45.5 Å². The first-order valence-corrected chi connectivity index (χ1v) is 9.56. The number of benzene rings is 1. The van der Waals surface area contributed by atoms with Crippen molar-refractivity contribution in [3.05, 3.63) is 47.8 Å². The quantitative estimate of drug-likeness (QED) is 0.352. The predicted octanol–water partition coefficient (Wildman–Crippen LogP) is 3.12. The Morgan fingerprint density at radius 2 is 1.84 bits per heavy atom. The molecule has 0 atom stereocenters. The minimum absolute atomic E-state index is 0.126. The molecule has 0 bridgehead atoms. The molecule has 0 saturated heterocycles. The van der Waals surface area contributed by atoms with E-state index in [0.717, 1.165) is 0 Å². The van der Waals surface area contributed by atoms with Gasteiger partial charge in [0.2, 0.25) is 5.62 Å². The molecule has 3 N–H and O–H groups in total. The van der Waals surface area contributed by atoms with Crippen LogP contribution in [0.25, 0.3) is 0 Å². The summed E-state index contributed by atoms with van der Waals surface area (Å²) in [5.41, 5.74) is -0.428. The molecule has 9 nitrogen and oxygen atoms in total. The van der Waals surface area contributed by atoms with Crippen LogP contribution in [0.3, 0.4) is 0 Å². The fraction of sp³-hybridized carbons (Fsp3) is 0.400. The van der Waals surface area contributed by atoms with Crippen molar-refractivity contribution in [3.63, 3.8) is 0 Å². The lowest BCUT2D eigenvalue weighted by atomic mass is 10.2. The van der Waals surface area contributed by atoms with Crippen molar-refractivity contribution in [1.29, 1.82) is 5.41 Å². The fourth-order valence-corrected chi connectivity index (χ4v) is 2.41. The van der Waals surface area contributed by atoms with Crippen LogP contribution in [-0.4, -0.2) is 45.8 Å². The van der Waals surface area contributed by atoms with E-state index in [9.17, 15) is 22.8 Å². The number of carbonyl (C=O) groups excluding carboxylic acids is 2. The zero-order chi connectivity index (χ0) is 23.9. The van der Waals surface area contributed by atoms with Gasteiger partial charge >= 0.3 is 18.2 Å². The Balaban J connectivity index is 1.84. The number of alkyl carbamates (subject to hydrolysis) is 1. The maximum absolute atomic E-state index is 12.3. The molecule has 2 rings (SSSR count). The molecule has 32 heavy (non-hydrogen) atoms. The molecule has 0 fully saturated rings. The molecule has 0 radical (unpaired) electrons. The van der Waals surface area contributed by atoms with Gasteiger partial charge in [0.05, 0.1) is 6.61 Å². The van der Waals surface area contributed by atoms with Crippen LogP contribution in [0, 0.1) is 5.41 Å². The highest BCUT2D eigenvalue weighted by molar-refractivity contribution is 6.04. The first-order valence-electron chi connectivity index (χ1n) is 9.56. The molecule has 0 saturated carbocycles. The van der Waals surface area contributed by atoms with Crippen LogP contribution in [0.1, 0.15) is 32.8 Å². The van der Waals surface area contributed by atoms with E-state index in [-0.39, 0.29) is 24.6 Å². The highest BCUT2D eigenvalue weighted by Gasteiger charge is 2.38. The Kier molecular flexibility index (Phi) is 7.84. The summed E-state index contributed by atoms with van der Waals surface area (Å²) in [6, 6.07) is 6.42. The number of amidine groups is 1. The van der Waals surface area contributed by atoms with Crippen LogP contribution in [0.2, 0.25) is 0 Å². The molecule has 12 heteroatoms. The van der Waals surface area contributed by atoms with Crippen LogP contribution >= 0.6 is 0 Å². The summed E-state index contributed by atoms with van der Waals surface area (Å²) in [4.78, 5) is 28.3. The van der Waals surface area contributed by atoms with Crippen LogP contribution in [0.4, 0.5) is 18.0 Å². The molecule has 1 aromatic carbocycles. The highest BCUT2D eigenvalue weighted by Crippen LogP contribution is 2.16. The van der Waals surface area contributed by atoms with Gasteiger partial charge in [-0.25, -0.2) is 4.79 Å². The van der Waals surface area contributed by atoms with Gasteiger partial charge < -0.3 is 19.0 Å². The predicted molar refractivity (Wildman–Crippen MR) is 108 cm³/mol. The van der Waals surface area contributed by atoms with Crippen molar-refractivity contribution >= 4 is 17.8 Å². The normalized spacial score (nSPS) is 12.4. The van der Waals surface area contributed by atoms with Crippen LogP contribution in [0.15, 0.2) is 41.7 Å². The minimum atomic E-state index is -5.03. The number of hydrogen-bond acceptors (Lipinski definition) is 5. The van der Waals surface area contributed by atoms with Gasteiger partial charge in [0.1, 0.15) is 17.2 Å². The van der Waals surface area contributed by atoms with Gasteiger partial charge in [-0.2, -0.15) is 18.2 Å². The fourth-order valence-electron chi connectivity index (χ4n) is 2.41. The lowest BCUT2D eigenvalue weighted by molar-refractivity contribution is -0.169. The number of hydrogen-bond donors (Lipinski definition) is 3. The summed E-state index contributed by atoms with van der Waals surface area (Å²) >= 11 is 0. The van der Waals surface area contributed by atoms with Gasteiger partial charge in [0.25, 0.3) is 0 Å². The SMILES string of the molecule is CC(C)(C)OC(=O)NC(=N)c1ccc(OCCCn2cc[nH]/c2=N\C(=O)C(F)(F)F)cc1. The lowest BCUT2D eigenvalue weighted by Crippen LogP contribution is -2.36. The number of nitrogens with zero attached hydrogens (tertiary/aromatic N) is 2. The number of halogens is 3. The number of amides is 2. The van der Waals surface area contributed by atoms with E-state index in [4.69, 9.17) is 14.9 Å². The van der Waals surface area contributed by atoms with Crippen LogP contribution < -0.4 is 15.7 Å². The average molecular weight is 455 g/mol.